The molecule has 31 heavy (non-hydrogen) atoms. The standard InChI is InChI=1S/C23H25ClN4O3/c1-14(2)16-5-7-17(8-6-16)23-27-22(31-28-23)11-10-20(29)25-13-21(30)26-19-9-4-15(3)12-18(19)24/h4-9,12,14H,10-11,13H2,1-3H3,(H,25,29)(H,26,30). The molecule has 2 N–H and O–H groups in total. The summed E-state index contributed by atoms with van der Waals surface area (Å²) in [5.41, 5.74) is 3.59. The Hall–Kier alpha value is -3.19. The van der Waals surface area contributed by atoms with Crippen molar-refractivity contribution in [2.75, 3.05) is 11.9 Å². The molecule has 0 saturated carbocycles. The quantitative estimate of drug-likeness (QED) is 0.537. The summed E-state index contributed by atoms with van der Waals surface area (Å²) in [5, 5.41) is 9.68. The van der Waals surface area contributed by atoms with E-state index in [4.69, 9.17) is 16.1 Å². The van der Waals surface area contributed by atoms with Crippen LogP contribution in [0.1, 0.15) is 43.2 Å². The van der Waals surface area contributed by atoms with Crippen LogP contribution in [-0.4, -0.2) is 28.5 Å². The molecule has 0 aliphatic carbocycles. The van der Waals surface area contributed by atoms with Gasteiger partial charge < -0.3 is 15.2 Å². The first-order chi connectivity index (χ1) is 14.8. The van der Waals surface area contributed by atoms with Gasteiger partial charge in [0.1, 0.15) is 0 Å². The maximum absolute atomic E-state index is 12.1. The van der Waals surface area contributed by atoms with Crippen molar-refractivity contribution in [3.8, 4) is 11.4 Å². The van der Waals surface area contributed by atoms with Crippen molar-refractivity contribution in [3.05, 3.63) is 64.5 Å². The fourth-order valence-corrected chi connectivity index (χ4v) is 3.18. The maximum Gasteiger partial charge on any atom is 0.243 e. The van der Waals surface area contributed by atoms with Crippen LogP contribution in [-0.2, 0) is 16.0 Å². The molecule has 0 fully saturated rings. The number of aromatic nitrogens is 2. The number of nitrogens with zero attached hydrogens (tertiary/aromatic N) is 2. The number of halogens is 1. The number of benzene rings is 2. The van der Waals surface area contributed by atoms with Gasteiger partial charge in [0.05, 0.1) is 17.3 Å². The third-order valence-corrected chi connectivity index (χ3v) is 5.03. The Bertz CT molecular complexity index is 1060. The minimum Gasteiger partial charge on any atom is -0.347 e. The van der Waals surface area contributed by atoms with Crippen LogP contribution in [0.3, 0.4) is 0 Å². The van der Waals surface area contributed by atoms with Gasteiger partial charge >= 0.3 is 0 Å². The number of nitrogens with one attached hydrogen (secondary N) is 2. The van der Waals surface area contributed by atoms with Gasteiger partial charge in [-0.15, -0.1) is 0 Å². The Kier molecular flexibility index (Phi) is 7.41. The highest BCUT2D eigenvalue weighted by molar-refractivity contribution is 6.33. The lowest BCUT2D eigenvalue weighted by molar-refractivity contribution is -0.124. The highest BCUT2D eigenvalue weighted by Gasteiger charge is 2.12. The summed E-state index contributed by atoms with van der Waals surface area (Å²) in [5.74, 6) is 0.661. The topological polar surface area (TPSA) is 97.1 Å². The molecule has 162 valence electrons. The summed E-state index contributed by atoms with van der Waals surface area (Å²) in [6, 6.07) is 13.3. The molecule has 0 atom stereocenters. The van der Waals surface area contributed by atoms with E-state index in [1.807, 2.05) is 37.3 Å². The fourth-order valence-electron chi connectivity index (χ4n) is 2.89. The van der Waals surface area contributed by atoms with Crippen LogP contribution < -0.4 is 10.6 Å². The number of hydrogen-bond donors (Lipinski definition) is 2. The van der Waals surface area contributed by atoms with E-state index in [1.54, 1.807) is 12.1 Å². The zero-order valence-corrected chi connectivity index (χ0v) is 18.5. The van der Waals surface area contributed by atoms with Crippen molar-refractivity contribution < 1.29 is 14.1 Å². The molecule has 2 aromatic carbocycles. The minimum absolute atomic E-state index is 0.131. The van der Waals surface area contributed by atoms with Crippen molar-refractivity contribution in [1.82, 2.24) is 15.5 Å². The second kappa shape index (κ2) is 10.2. The van der Waals surface area contributed by atoms with Crippen molar-refractivity contribution in [3.63, 3.8) is 0 Å². The van der Waals surface area contributed by atoms with E-state index in [-0.39, 0.29) is 31.2 Å². The van der Waals surface area contributed by atoms with Gasteiger partial charge in [0.15, 0.2) is 0 Å². The predicted molar refractivity (Wildman–Crippen MR) is 120 cm³/mol. The number of carbonyl (C=O) groups excluding carboxylic acids is 2. The smallest absolute Gasteiger partial charge is 0.243 e. The third kappa shape index (κ3) is 6.39. The van der Waals surface area contributed by atoms with Gasteiger partial charge in [-0.25, -0.2) is 0 Å². The molecule has 0 unspecified atom stereocenters. The van der Waals surface area contributed by atoms with E-state index >= 15 is 0 Å². The molecule has 2 amide bonds. The van der Waals surface area contributed by atoms with E-state index < -0.39 is 0 Å². The van der Waals surface area contributed by atoms with Crippen molar-refractivity contribution >= 4 is 29.1 Å². The second-order valence-corrected chi connectivity index (χ2v) is 8.00. The van der Waals surface area contributed by atoms with Gasteiger partial charge in [-0.2, -0.15) is 4.98 Å². The summed E-state index contributed by atoms with van der Waals surface area (Å²) in [4.78, 5) is 28.4. The first kappa shape index (κ1) is 22.5. The number of hydrogen-bond acceptors (Lipinski definition) is 5. The van der Waals surface area contributed by atoms with Gasteiger partial charge in [-0.05, 0) is 36.1 Å². The van der Waals surface area contributed by atoms with Gasteiger partial charge in [0.2, 0.25) is 23.5 Å². The van der Waals surface area contributed by atoms with Crippen molar-refractivity contribution in [2.24, 2.45) is 0 Å². The second-order valence-electron chi connectivity index (χ2n) is 7.60. The zero-order chi connectivity index (χ0) is 22.4. The molecule has 0 saturated heterocycles. The predicted octanol–water partition coefficient (Wildman–Crippen LogP) is 4.51. The molecule has 1 aromatic heterocycles. The maximum atomic E-state index is 12.1. The lowest BCUT2D eigenvalue weighted by atomic mass is 10.0. The van der Waals surface area contributed by atoms with Crippen LogP contribution in [0.2, 0.25) is 5.02 Å². The Morgan fingerprint density at radius 1 is 1.10 bits per heavy atom. The van der Waals surface area contributed by atoms with Crippen molar-refractivity contribution in [2.45, 2.75) is 39.5 Å². The minimum atomic E-state index is -0.357. The molecule has 8 heteroatoms. The molecule has 7 nitrogen and oxygen atoms in total. The van der Waals surface area contributed by atoms with Crippen LogP contribution in [0.5, 0.6) is 0 Å². The number of aryl methyl sites for hydroxylation is 2. The number of anilines is 1. The number of carbonyl (C=O) groups is 2. The van der Waals surface area contributed by atoms with Gasteiger partial charge in [0.25, 0.3) is 0 Å². The Balaban J connectivity index is 1.45. The normalized spacial score (nSPS) is 10.9. The van der Waals surface area contributed by atoms with E-state index in [0.29, 0.717) is 28.3 Å². The summed E-state index contributed by atoms with van der Waals surface area (Å²) in [6.45, 7) is 6.02. The summed E-state index contributed by atoms with van der Waals surface area (Å²) in [7, 11) is 0. The monoisotopic (exact) mass is 440 g/mol. The summed E-state index contributed by atoms with van der Waals surface area (Å²) in [6.07, 6.45) is 0.417. The van der Waals surface area contributed by atoms with Gasteiger partial charge in [-0.1, -0.05) is 60.9 Å². The van der Waals surface area contributed by atoms with Crippen molar-refractivity contribution in [1.29, 1.82) is 0 Å². The largest absolute Gasteiger partial charge is 0.347 e. The Labute approximate surface area is 186 Å². The third-order valence-electron chi connectivity index (χ3n) is 4.71. The molecular weight excluding hydrogens is 416 g/mol. The molecule has 3 rings (SSSR count). The first-order valence-electron chi connectivity index (χ1n) is 10.1. The van der Waals surface area contributed by atoms with Crippen LogP contribution in [0.25, 0.3) is 11.4 Å². The van der Waals surface area contributed by atoms with E-state index in [2.05, 4.69) is 34.6 Å². The zero-order valence-electron chi connectivity index (χ0n) is 17.7. The first-order valence-corrected chi connectivity index (χ1v) is 10.4. The molecule has 3 aromatic rings. The Morgan fingerprint density at radius 2 is 1.84 bits per heavy atom. The molecule has 0 aliphatic heterocycles. The molecule has 1 heterocycles. The highest BCUT2D eigenvalue weighted by atomic mass is 35.5. The van der Waals surface area contributed by atoms with Crippen LogP contribution in [0.4, 0.5) is 5.69 Å². The van der Waals surface area contributed by atoms with Gasteiger partial charge in [-0.3, -0.25) is 9.59 Å². The highest BCUT2D eigenvalue weighted by Crippen LogP contribution is 2.23. The van der Waals surface area contributed by atoms with Crippen LogP contribution >= 0.6 is 11.6 Å². The fraction of sp³-hybridized carbons (Fsp3) is 0.304. The SMILES string of the molecule is Cc1ccc(NC(=O)CNC(=O)CCc2nc(-c3ccc(C(C)C)cc3)no2)c(Cl)c1. The van der Waals surface area contributed by atoms with Crippen LogP contribution in [0, 0.1) is 6.92 Å². The molecule has 0 aliphatic rings. The van der Waals surface area contributed by atoms with E-state index in [0.717, 1.165) is 11.1 Å². The Morgan fingerprint density at radius 3 is 2.52 bits per heavy atom. The lowest BCUT2D eigenvalue weighted by Crippen LogP contribution is -2.33. The van der Waals surface area contributed by atoms with E-state index in [1.165, 1.54) is 5.56 Å². The molecule has 0 spiro atoms. The molecule has 0 radical (unpaired) electrons. The van der Waals surface area contributed by atoms with E-state index in [9.17, 15) is 9.59 Å². The summed E-state index contributed by atoms with van der Waals surface area (Å²) < 4.78 is 5.24. The average Bonchev–Trinajstić information content (AvgIpc) is 3.22. The number of rotatable bonds is 8. The summed E-state index contributed by atoms with van der Waals surface area (Å²) >= 11 is 6.10. The molecular formula is C23H25ClN4O3. The molecule has 0 bridgehead atoms. The average molecular weight is 441 g/mol. The number of amides is 2. The van der Waals surface area contributed by atoms with Gasteiger partial charge in [0, 0.05) is 18.4 Å². The van der Waals surface area contributed by atoms with Crippen LogP contribution in [0.15, 0.2) is 47.0 Å². The lowest BCUT2D eigenvalue weighted by Gasteiger charge is -2.08.